The van der Waals surface area contributed by atoms with Gasteiger partial charge in [-0.25, -0.2) is 9.18 Å². The minimum atomic E-state index is -0.625. The van der Waals surface area contributed by atoms with Crippen molar-refractivity contribution in [2.45, 2.75) is 45.4 Å². The number of carbonyl (C=O) groups is 2. The van der Waals surface area contributed by atoms with Crippen LogP contribution in [0.3, 0.4) is 0 Å². The van der Waals surface area contributed by atoms with Gasteiger partial charge in [0.1, 0.15) is 17.5 Å². The van der Waals surface area contributed by atoms with Gasteiger partial charge in [-0.3, -0.25) is 4.79 Å². The molecule has 0 aliphatic carbocycles. The van der Waals surface area contributed by atoms with Crippen LogP contribution < -0.4 is 5.32 Å². The lowest BCUT2D eigenvalue weighted by atomic mass is 10.2. The Hall–Kier alpha value is -1.63. The molecule has 0 radical (unpaired) electrons. The lowest BCUT2D eigenvalue weighted by molar-refractivity contribution is -0.130. The summed E-state index contributed by atoms with van der Waals surface area (Å²) in [6.07, 6.45) is -0.139. The quantitative estimate of drug-likeness (QED) is 0.867. The Morgan fingerprint density at radius 3 is 2.83 bits per heavy atom. The Bertz CT molecular complexity index is 616. The Kier molecular flexibility index (Phi) is 5.29. The highest BCUT2D eigenvalue weighted by molar-refractivity contribution is 9.10. The van der Waals surface area contributed by atoms with E-state index < -0.39 is 17.7 Å². The number of hydrogen-bond donors (Lipinski definition) is 1. The summed E-state index contributed by atoms with van der Waals surface area (Å²) >= 11 is 3.29. The molecule has 7 heteroatoms. The molecule has 1 atom stereocenters. The highest BCUT2D eigenvalue weighted by Gasteiger charge is 2.34. The molecule has 5 nitrogen and oxygen atoms in total. The fourth-order valence-corrected chi connectivity index (χ4v) is 2.76. The topological polar surface area (TPSA) is 58.6 Å². The molecule has 1 heterocycles. The van der Waals surface area contributed by atoms with Crippen LogP contribution in [-0.2, 0) is 16.1 Å². The number of halogens is 2. The second-order valence-corrected chi connectivity index (χ2v) is 7.40. The second-order valence-electron chi connectivity index (χ2n) is 6.48. The van der Waals surface area contributed by atoms with Crippen LogP contribution in [0.1, 0.15) is 32.8 Å². The van der Waals surface area contributed by atoms with Gasteiger partial charge in [-0.15, -0.1) is 0 Å². The van der Waals surface area contributed by atoms with Crippen LogP contribution in [0, 0.1) is 5.82 Å². The minimum Gasteiger partial charge on any atom is -0.444 e. The zero-order valence-corrected chi connectivity index (χ0v) is 14.9. The largest absolute Gasteiger partial charge is 0.444 e. The van der Waals surface area contributed by atoms with Crippen LogP contribution in [0.4, 0.5) is 9.18 Å². The van der Waals surface area contributed by atoms with Gasteiger partial charge < -0.3 is 15.0 Å². The van der Waals surface area contributed by atoms with E-state index in [4.69, 9.17) is 4.74 Å². The number of hydrogen-bond acceptors (Lipinski definition) is 3. The van der Waals surface area contributed by atoms with Crippen molar-refractivity contribution in [1.29, 1.82) is 0 Å². The summed E-state index contributed by atoms with van der Waals surface area (Å²) in [6, 6.07) is 3.99. The lowest BCUT2D eigenvalue weighted by Gasteiger charge is -2.21. The van der Waals surface area contributed by atoms with Crippen molar-refractivity contribution in [1.82, 2.24) is 10.2 Å². The highest BCUT2D eigenvalue weighted by Crippen LogP contribution is 2.20. The predicted octanol–water partition coefficient (Wildman–Crippen LogP) is 3.21. The van der Waals surface area contributed by atoms with Crippen molar-refractivity contribution in [3.05, 3.63) is 34.1 Å². The number of alkyl carbamates (subject to hydrolysis) is 1. The number of ether oxygens (including phenoxy) is 1. The van der Waals surface area contributed by atoms with Crippen molar-refractivity contribution in [3.8, 4) is 0 Å². The number of nitrogens with zero attached hydrogens (tertiary/aromatic N) is 1. The van der Waals surface area contributed by atoms with Gasteiger partial charge in [0.15, 0.2) is 0 Å². The first kappa shape index (κ1) is 17.7. The van der Waals surface area contributed by atoms with E-state index in [1.807, 2.05) is 0 Å². The van der Waals surface area contributed by atoms with Gasteiger partial charge in [0.25, 0.3) is 0 Å². The molecule has 1 aromatic rings. The van der Waals surface area contributed by atoms with E-state index in [1.54, 1.807) is 32.9 Å². The van der Waals surface area contributed by atoms with E-state index >= 15 is 0 Å². The number of benzene rings is 1. The fourth-order valence-electron chi connectivity index (χ4n) is 2.35. The van der Waals surface area contributed by atoms with E-state index in [0.29, 0.717) is 18.5 Å². The van der Waals surface area contributed by atoms with E-state index in [0.717, 1.165) is 4.47 Å². The molecule has 23 heavy (non-hydrogen) atoms. The van der Waals surface area contributed by atoms with Gasteiger partial charge in [0.2, 0.25) is 5.91 Å². The van der Waals surface area contributed by atoms with Gasteiger partial charge >= 0.3 is 6.09 Å². The van der Waals surface area contributed by atoms with E-state index in [-0.39, 0.29) is 18.3 Å². The molecule has 2 amide bonds. The van der Waals surface area contributed by atoms with Gasteiger partial charge in [0.05, 0.1) is 0 Å². The maximum Gasteiger partial charge on any atom is 0.408 e. The predicted molar refractivity (Wildman–Crippen MR) is 87.3 cm³/mol. The molecule has 2 rings (SSSR count). The molecule has 1 aliphatic heterocycles. The molecule has 0 saturated carbocycles. The Morgan fingerprint density at radius 2 is 2.17 bits per heavy atom. The number of likely N-dealkylation sites (tertiary alicyclic amines) is 1. The highest BCUT2D eigenvalue weighted by atomic mass is 79.9. The van der Waals surface area contributed by atoms with Crippen LogP contribution in [0.5, 0.6) is 0 Å². The molecule has 1 saturated heterocycles. The minimum absolute atomic E-state index is 0.177. The number of nitrogens with one attached hydrogen (secondary N) is 1. The van der Waals surface area contributed by atoms with Gasteiger partial charge in [-0.2, -0.15) is 0 Å². The Morgan fingerprint density at radius 1 is 1.48 bits per heavy atom. The molecule has 1 N–H and O–H groups in total. The number of rotatable bonds is 3. The molecule has 0 unspecified atom stereocenters. The average Bonchev–Trinajstić information content (AvgIpc) is 2.73. The zero-order valence-electron chi connectivity index (χ0n) is 13.4. The maximum atomic E-state index is 13.8. The van der Waals surface area contributed by atoms with E-state index in [2.05, 4.69) is 21.2 Å². The molecule has 1 fully saturated rings. The van der Waals surface area contributed by atoms with Crippen molar-refractivity contribution < 1.29 is 18.7 Å². The monoisotopic (exact) mass is 386 g/mol. The van der Waals surface area contributed by atoms with E-state index in [9.17, 15) is 14.0 Å². The summed E-state index contributed by atoms with van der Waals surface area (Å²) in [7, 11) is 0. The molecule has 0 bridgehead atoms. The fraction of sp³-hybridized carbons (Fsp3) is 0.500. The summed E-state index contributed by atoms with van der Waals surface area (Å²) in [6.45, 7) is 5.91. The average molecular weight is 387 g/mol. The normalized spacial score (nSPS) is 18.2. The first-order valence-electron chi connectivity index (χ1n) is 7.38. The summed E-state index contributed by atoms with van der Waals surface area (Å²) in [5, 5.41) is 2.57. The standard InChI is InChI=1S/C16H20BrFN2O3/c1-16(2,3)23-15(22)19-13-6-7-20(14(13)21)9-10-8-11(17)4-5-12(10)18/h4-5,8,13H,6-7,9H2,1-3H3,(H,19,22)/t13-/m0/s1. The molecule has 0 aromatic heterocycles. The molecule has 1 aliphatic rings. The second kappa shape index (κ2) is 6.86. The molecular formula is C16H20BrFN2O3. The maximum absolute atomic E-state index is 13.8. The Labute approximate surface area is 143 Å². The summed E-state index contributed by atoms with van der Waals surface area (Å²) in [5.41, 5.74) is -0.184. The molecule has 126 valence electrons. The Balaban J connectivity index is 1.96. The van der Waals surface area contributed by atoms with Crippen molar-refractivity contribution in [2.24, 2.45) is 0 Å². The van der Waals surface area contributed by atoms with Crippen molar-refractivity contribution >= 4 is 27.9 Å². The molecular weight excluding hydrogens is 367 g/mol. The SMILES string of the molecule is CC(C)(C)OC(=O)N[C@H]1CCN(Cc2cc(Br)ccc2F)C1=O. The molecule has 1 aromatic carbocycles. The first-order valence-corrected chi connectivity index (χ1v) is 8.17. The number of carbonyl (C=O) groups excluding carboxylic acids is 2. The third-order valence-corrected chi connectivity index (χ3v) is 3.85. The van der Waals surface area contributed by atoms with Crippen LogP contribution in [-0.4, -0.2) is 35.1 Å². The van der Waals surface area contributed by atoms with Crippen molar-refractivity contribution in [2.75, 3.05) is 6.54 Å². The third kappa shape index (κ3) is 4.92. The first-order chi connectivity index (χ1) is 10.7. The lowest BCUT2D eigenvalue weighted by Crippen LogP contribution is -2.43. The smallest absolute Gasteiger partial charge is 0.408 e. The zero-order chi connectivity index (χ0) is 17.2. The third-order valence-electron chi connectivity index (χ3n) is 3.36. The van der Waals surface area contributed by atoms with Crippen LogP contribution in [0.2, 0.25) is 0 Å². The van der Waals surface area contributed by atoms with E-state index in [1.165, 1.54) is 11.0 Å². The summed E-state index contributed by atoms with van der Waals surface area (Å²) in [4.78, 5) is 25.6. The molecule has 0 spiro atoms. The van der Waals surface area contributed by atoms with Gasteiger partial charge in [0, 0.05) is 23.1 Å². The van der Waals surface area contributed by atoms with Crippen molar-refractivity contribution in [3.63, 3.8) is 0 Å². The summed E-state index contributed by atoms with van der Waals surface area (Å²) < 4.78 is 19.7. The van der Waals surface area contributed by atoms with Crippen LogP contribution >= 0.6 is 15.9 Å². The number of amides is 2. The van der Waals surface area contributed by atoms with Crippen LogP contribution in [0.15, 0.2) is 22.7 Å². The summed E-state index contributed by atoms with van der Waals surface area (Å²) in [5.74, 6) is -0.584. The van der Waals surface area contributed by atoms with Gasteiger partial charge in [-0.05, 0) is 45.4 Å². The van der Waals surface area contributed by atoms with Crippen LogP contribution in [0.25, 0.3) is 0 Å². The van der Waals surface area contributed by atoms with Gasteiger partial charge in [-0.1, -0.05) is 15.9 Å².